The summed E-state index contributed by atoms with van der Waals surface area (Å²) in [5.41, 5.74) is 2.36. The molecule has 128 valence electrons. The van der Waals surface area contributed by atoms with E-state index in [-0.39, 0.29) is 6.42 Å². The minimum atomic E-state index is -1.01. The van der Waals surface area contributed by atoms with E-state index < -0.39 is 23.8 Å². The van der Waals surface area contributed by atoms with Gasteiger partial charge < -0.3 is 4.74 Å². The molecule has 0 N–H and O–H groups in total. The minimum absolute atomic E-state index is 0.181. The molecule has 2 aromatic carbocycles. The third kappa shape index (κ3) is 3.15. The van der Waals surface area contributed by atoms with E-state index in [2.05, 4.69) is 0 Å². The highest BCUT2D eigenvalue weighted by atomic mass is 35.5. The Bertz CT molecular complexity index is 797. The number of benzene rings is 2. The second-order valence-corrected chi connectivity index (χ2v) is 5.99. The van der Waals surface area contributed by atoms with Crippen molar-refractivity contribution >= 4 is 29.4 Å². The standard InChI is InChI=1S/C19H16ClNO4/c1-25-19(24)16(10-12-6-8-13(11-20)9-7-12)21-17(22)14-4-2-3-5-15(14)18(21)23/h2-9,16H,10-11H2,1H3/t16-/m0/s1. The molecule has 1 aliphatic rings. The Balaban J connectivity index is 1.93. The fourth-order valence-corrected chi connectivity index (χ4v) is 3.07. The van der Waals surface area contributed by atoms with Crippen LogP contribution in [0.4, 0.5) is 0 Å². The van der Waals surface area contributed by atoms with E-state index in [0.29, 0.717) is 17.0 Å². The van der Waals surface area contributed by atoms with Gasteiger partial charge in [0.2, 0.25) is 0 Å². The van der Waals surface area contributed by atoms with E-state index in [9.17, 15) is 14.4 Å². The van der Waals surface area contributed by atoms with Gasteiger partial charge in [-0.1, -0.05) is 36.4 Å². The van der Waals surface area contributed by atoms with Gasteiger partial charge in [-0.2, -0.15) is 0 Å². The molecule has 0 bridgehead atoms. The van der Waals surface area contributed by atoms with Crippen LogP contribution in [-0.2, 0) is 21.8 Å². The lowest BCUT2D eigenvalue weighted by atomic mass is 10.0. The molecule has 0 unspecified atom stereocenters. The Morgan fingerprint density at radius 3 is 2.00 bits per heavy atom. The Morgan fingerprint density at radius 2 is 1.52 bits per heavy atom. The number of rotatable bonds is 5. The number of ether oxygens (including phenoxy) is 1. The van der Waals surface area contributed by atoms with Gasteiger partial charge in [-0.15, -0.1) is 11.6 Å². The predicted octanol–water partition coefficient (Wildman–Crippen LogP) is 2.81. The monoisotopic (exact) mass is 357 g/mol. The van der Waals surface area contributed by atoms with Gasteiger partial charge in [0.15, 0.2) is 0 Å². The molecule has 6 heteroatoms. The molecule has 0 fully saturated rings. The Labute approximate surface area is 150 Å². The molecule has 0 saturated heterocycles. The summed E-state index contributed by atoms with van der Waals surface area (Å²) in [5, 5.41) is 0. The lowest BCUT2D eigenvalue weighted by Gasteiger charge is -2.24. The summed E-state index contributed by atoms with van der Waals surface area (Å²) in [7, 11) is 1.24. The van der Waals surface area contributed by atoms with Crippen molar-refractivity contribution < 1.29 is 19.1 Å². The van der Waals surface area contributed by atoms with Gasteiger partial charge in [-0.3, -0.25) is 14.5 Å². The van der Waals surface area contributed by atoms with E-state index in [4.69, 9.17) is 16.3 Å². The molecule has 3 rings (SSSR count). The van der Waals surface area contributed by atoms with Gasteiger partial charge in [-0.25, -0.2) is 4.79 Å². The molecular weight excluding hydrogens is 342 g/mol. The van der Waals surface area contributed by atoms with E-state index in [1.807, 2.05) is 24.3 Å². The predicted molar refractivity (Wildman–Crippen MR) is 92.4 cm³/mol. The first kappa shape index (κ1) is 17.2. The summed E-state index contributed by atoms with van der Waals surface area (Å²) in [6.07, 6.45) is 0.181. The molecule has 5 nitrogen and oxygen atoms in total. The second kappa shape index (κ2) is 7.07. The number of imide groups is 1. The molecule has 1 aliphatic heterocycles. The summed E-state index contributed by atoms with van der Waals surface area (Å²) in [4.78, 5) is 38.6. The SMILES string of the molecule is COC(=O)[C@H](Cc1ccc(CCl)cc1)N1C(=O)c2ccccc2C1=O. The zero-order valence-electron chi connectivity index (χ0n) is 13.6. The van der Waals surface area contributed by atoms with Crippen LogP contribution in [0.15, 0.2) is 48.5 Å². The fourth-order valence-electron chi connectivity index (χ4n) is 2.89. The maximum Gasteiger partial charge on any atom is 0.329 e. The van der Waals surface area contributed by atoms with Crippen LogP contribution in [0.3, 0.4) is 0 Å². The summed E-state index contributed by atoms with van der Waals surface area (Å²) >= 11 is 5.78. The first-order valence-corrected chi connectivity index (χ1v) is 8.28. The largest absolute Gasteiger partial charge is 0.467 e. The van der Waals surface area contributed by atoms with Crippen molar-refractivity contribution in [3.63, 3.8) is 0 Å². The normalized spacial score (nSPS) is 14.4. The lowest BCUT2D eigenvalue weighted by molar-refractivity contribution is -0.145. The van der Waals surface area contributed by atoms with Crippen molar-refractivity contribution in [2.45, 2.75) is 18.3 Å². The van der Waals surface area contributed by atoms with Gasteiger partial charge in [0.25, 0.3) is 11.8 Å². The number of esters is 1. The Hall–Kier alpha value is -2.66. The lowest BCUT2D eigenvalue weighted by Crippen LogP contribution is -2.46. The smallest absolute Gasteiger partial charge is 0.329 e. The molecule has 2 amide bonds. The van der Waals surface area contributed by atoms with Gasteiger partial charge in [-0.05, 0) is 23.3 Å². The highest BCUT2D eigenvalue weighted by molar-refractivity contribution is 6.22. The average molecular weight is 358 g/mol. The number of fused-ring (bicyclic) bond motifs is 1. The van der Waals surface area contributed by atoms with E-state index in [1.54, 1.807) is 24.3 Å². The van der Waals surface area contributed by atoms with Gasteiger partial charge in [0.05, 0.1) is 18.2 Å². The number of hydrogen-bond donors (Lipinski definition) is 0. The minimum Gasteiger partial charge on any atom is -0.467 e. The van der Waals surface area contributed by atoms with Crippen molar-refractivity contribution in [3.05, 3.63) is 70.8 Å². The Kier molecular flexibility index (Phi) is 4.86. The molecule has 2 aromatic rings. The van der Waals surface area contributed by atoms with E-state index in [0.717, 1.165) is 16.0 Å². The summed E-state index contributed by atoms with van der Waals surface area (Å²) < 4.78 is 4.83. The van der Waals surface area contributed by atoms with Crippen LogP contribution in [0, 0.1) is 0 Å². The molecule has 25 heavy (non-hydrogen) atoms. The molecule has 0 spiro atoms. The molecule has 0 aliphatic carbocycles. The topological polar surface area (TPSA) is 63.7 Å². The first-order valence-electron chi connectivity index (χ1n) is 7.75. The highest BCUT2D eigenvalue weighted by Crippen LogP contribution is 2.26. The summed E-state index contributed by atoms with van der Waals surface area (Å²) in [6.45, 7) is 0. The third-order valence-corrected chi connectivity index (χ3v) is 4.53. The van der Waals surface area contributed by atoms with Crippen LogP contribution in [0.5, 0.6) is 0 Å². The third-order valence-electron chi connectivity index (χ3n) is 4.22. The van der Waals surface area contributed by atoms with Crippen LogP contribution in [0.25, 0.3) is 0 Å². The van der Waals surface area contributed by atoms with Gasteiger partial charge >= 0.3 is 5.97 Å². The summed E-state index contributed by atoms with van der Waals surface area (Å²) in [6, 6.07) is 12.9. The van der Waals surface area contributed by atoms with Crippen LogP contribution < -0.4 is 0 Å². The maximum absolute atomic E-state index is 12.6. The Morgan fingerprint density at radius 1 is 1.00 bits per heavy atom. The maximum atomic E-state index is 12.6. The number of hydrogen-bond acceptors (Lipinski definition) is 4. The molecule has 0 aromatic heterocycles. The fraction of sp³-hybridized carbons (Fsp3) is 0.211. The van der Waals surface area contributed by atoms with Crippen LogP contribution in [-0.4, -0.2) is 35.8 Å². The number of nitrogens with zero attached hydrogens (tertiary/aromatic N) is 1. The number of carbonyl (C=O) groups excluding carboxylic acids is 3. The number of amides is 2. The van der Waals surface area contributed by atoms with Crippen LogP contribution in [0.2, 0.25) is 0 Å². The number of methoxy groups -OCH3 is 1. The van der Waals surface area contributed by atoms with Crippen molar-refractivity contribution in [1.82, 2.24) is 4.90 Å². The number of carbonyl (C=O) groups is 3. The molecule has 1 heterocycles. The van der Waals surface area contributed by atoms with Crippen molar-refractivity contribution in [2.75, 3.05) is 7.11 Å². The second-order valence-electron chi connectivity index (χ2n) is 5.72. The highest BCUT2D eigenvalue weighted by Gasteiger charge is 2.43. The average Bonchev–Trinajstić information content (AvgIpc) is 2.91. The molecular formula is C19H16ClNO4. The molecule has 0 radical (unpaired) electrons. The van der Waals surface area contributed by atoms with Gasteiger partial charge in [0, 0.05) is 12.3 Å². The zero-order chi connectivity index (χ0) is 18.0. The van der Waals surface area contributed by atoms with Crippen molar-refractivity contribution in [3.8, 4) is 0 Å². The van der Waals surface area contributed by atoms with Crippen LogP contribution >= 0.6 is 11.6 Å². The molecule has 1 atom stereocenters. The van der Waals surface area contributed by atoms with E-state index in [1.165, 1.54) is 7.11 Å². The van der Waals surface area contributed by atoms with Crippen LogP contribution in [0.1, 0.15) is 31.8 Å². The zero-order valence-corrected chi connectivity index (χ0v) is 14.3. The van der Waals surface area contributed by atoms with Gasteiger partial charge in [0.1, 0.15) is 6.04 Å². The van der Waals surface area contributed by atoms with E-state index >= 15 is 0 Å². The summed E-state index contributed by atoms with van der Waals surface area (Å²) in [5.74, 6) is -1.20. The first-order chi connectivity index (χ1) is 12.1. The molecule has 0 saturated carbocycles. The number of alkyl halides is 1. The quantitative estimate of drug-likeness (QED) is 0.469. The number of halogens is 1. The van der Waals surface area contributed by atoms with Crippen molar-refractivity contribution in [1.29, 1.82) is 0 Å². The van der Waals surface area contributed by atoms with Crippen molar-refractivity contribution in [2.24, 2.45) is 0 Å².